The molecule has 7 nitrogen and oxygen atoms in total. The number of carbonyl (C=O) groups is 3. The first-order chi connectivity index (χ1) is 11.1. The van der Waals surface area contributed by atoms with Crippen molar-refractivity contribution in [1.82, 2.24) is 5.06 Å². The minimum atomic E-state index is -1.04. The van der Waals surface area contributed by atoms with Gasteiger partial charge in [-0.3, -0.25) is 9.59 Å². The molecule has 1 aromatic rings. The molecule has 2 amide bonds. The average molecular weight is 314 g/mol. The summed E-state index contributed by atoms with van der Waals surface area (Å²) in [6.45, 7) is 0. The molecular weight excluding hydrogens is 300 g/mol. The molecule has 0 bridgehead atoms. The molecule has 1 aromatic carbocycles. The number of carbonyl (C=O) groups excluding carboxylic acids is 4. The predicted molar refractivity (Wildman–Crippen MR) is 78.1 cm³/mol. The number of amides is 2. The Morgan fingerprint density at radius 3 is 2.48 bits per heavy atom. The van der Waals surface area contributed by atoms with Gasteiger partial charge in [-0.05, 0) is 24.5 Å². The van der Waals surface area contributed by atoms with Crippen molar-refractivity contribution in [2.75, 3.05) is 0 Å². The van der Waals surface area contributed by atoms with Crippen LogP contribution in [-0.2, 0) is 30.4 Å². The van der Waals surface area contributed by atoms with E-state index in [0.717, 1.165) is 5.56 Å². The second-order valence-corrected chi connectivity index (χ2v) is 4.78. The van der Waals surface area contributed by atoms with Crippen molar-refractivity contribution in [2.24, 2.45) is 4.99 Å². The largest absolute Gasteiger partial charge is 0.382 e. The first-order valence-corrected chi connectivity index (χ1v) is 7.02. The molecule has 0 aromatic heterocycles. The van der Waals surface area contributed by atoms with Crippen LogP contribution in [-0.4, -0.2) is 28.9 Å². The topological polar surface area (TPSA) is 93.1 Å². The summed E-state index contributed by atoms with van der Waals surface area (Å²) in [5.74, 6) is -2.23. The van der Waals surface area contributed by atoms with Crippen molar-refractivity contribution in [2.45, 2.75) is 25.7 Å². The summed E-state index contributed by atoms with van der Waals surface area (Å²) in [7, 11) is 0. The zero-order chi connectivity index (χ0) is 16.7. The first-order valence-electron chi connectivity index (χ1n) is 7.02. The second-order valence-electron chi connectivity index (χ2n) is 4.78. The number of hydrogen-bond donors (Lipinski definition) is 0. The average Bonchev–Trinajstić information content (AvgIpc) is 2.87. The molecule has 1 fully saturated rings. The van der Waals surface area contributed by atoms with Crippen LogP contribution in [0.3, 0.4) is 0 Å². The molecule has 118 valence electrons. The number of benzene rings is 1. The van der Waals surface area contributed by atoms with E-state index in [9.17, 15) is 19.2 Å². The Kier molecular flexibility index (Phi) is 5.55. The number of nitrogens with zero attached hydrogens (tertiary/aromatic N) is 2. The molecule has 0 aliphatic carbocycles. The zero-order valence-corrected chi connectivity index (χ0v) is 12.2. The maximum Gasteiger partial charge on any atom is 0.382 e. The van der Waals surface area contributed by atoms with Gasteiger partial charge < -0.3 is 4.84 Å². The Labute approximate surface area is 132 Å². The second kappa shape index (κ2) is 7.82. The fraction of sp³-hybridized carbons (Fsp3) is 0.250. The van der Waals surface area contributed by atoms with Crippen LogP contribution in [0.5, 0.6) is 0 Å². The van der Waals surface area contributed by atoms with Crippen LogP contribution < -0.4 is 0 Å². The van der Waals surface area contributed by atoms with Crippen LogP contribution in [0.15, 0.2) is 47.1 Å². The van der Waals surface area contributed by atoms with Gasteiger partial charge in [-0.1, -0.05) is 30.3 Å². The maximum atomic E-state index is 11.9. The minimum absolute atomic E-state index is 0.00385. The highest BCUT2D eigenvalue weighted by Gasteiger charge is 2.33. The summed E-state index contributed by atoms with van der Waals surface area (Å²) in [5.41, 5.74) is 0.764. The van der Waals surface area contributed by atoms with Gasteiger partial charge in [0, 0.05) is 12.8 Å². The number of hydrogen-bond acceptors (Lipinski definition) is 6. The molecule has 0 radical (unpaired) electrons. The molecular formula is C16H14N2O5. The smallest absolute Gasteiger partial charge is 0.323 e. The van der Waals surface area contributed by atoms with Gasteiger partial charge in [-0.15, -0.1) is 5.06 Å². The predicted octanol–water partition coefficient (Wildman–Crippen LogP) is 1.45. The Bertz CT molecular complexity index is 674. The molecule has 1 aliphatic rings. The van der Waals surface area contributed by atoms with Crippen molar-refractivity contribution >= 4 is 23.9 Å². The molecule has 0 spiro atoms. The van der Waals surface area contributed by atoms with Gasteiger partial charge >= 0.3 is 5.97 Å². The molecule has 0 N–H and O–H groups in total. The third-order valence-electron chi connectivity index (χ3n) is 3.17. The summed E-state index contributed by atoms with van der Waals surface area (Å²) >= 11 is 0. The van der Waals surface area contributed by atoms with Gasteiger partial charge in [0.25, 0.3) is 11.8 Å². The van der Waals surface area contributed by atoms with Gasteiger partial charge in [-0.25, -0.2) is 9.59 Å². The molecule has 1 aliphatic heterocycles. The van der Waals surface area contributed by atoms with E-state index in [1.54, 1.807) is 0 Å². The van der Waals surface area contributed by atoms with Gasteiger partial charge in [0.2, 0.25) is 6.08 Å². The summed E-state index contributed by atoms with van der Waals surface area (Å²) in [6.07, 6.45) is 3.73. The van der Waals surface area contributed by atoms with E-state index in [-0.39, 0.29) is 18.5 Å². The Morgan fingerprint density at radius 2 is 1.87 bits per heavy atom. The number of aryl methyl sites for hydroxylation is 1. The first kappa shape index (κ1) is 16.3. The molecule has 23 heavy (non-hydrogen) atoms. The normalized spacial score (nSPS) is 14.6. The van der Waals surface area contributed by atoms with Crippen LogP contribution in [0.2, 0.25) is 0 Å². The summed E-state index contributed by atoms with van der Waals surface area (Å²) in [4.78, 5) is 53.1. The van der Waals surface area contributed by atoms with E-state index >= 15 is 0 Å². The number of imide groups is 1. The van der Waals surface area contributed by atoms with E-state index in [1.165, 1.54) is 12.2 Å². The molecule has 0 atom stereocenters. The third kappa shape index (κ3) is 4.46. The van der Waals surface area contributed by atoms with Crippen molar-refractivity contribution in [1.29, 1.82) is 0 Å². The van der Waals surface area contributed by atoms with Crippen molar-refractivity contribution in [3.05, 3.63) is 47.7 Å². The van der Waals surface area contributed by atoms with E-state index in [0.29, 0.717) is 17.9 Å². The lowest BCUT2D eigenvalue weighted by atomic mass is 10.1. The number of isocyanates is 1. The SMILES string of the molecule is O=C=NC(=CCCc1ccccc1)C(=O)ON1C(=O)CCC1=O. The highest BCUT2D eigenvalue weighted by Crippen LogP contribution is 2.14. The molecule has 0 saturated carbocycles. The van der Waals surface area contributed by atoms with Crippen LogP contribution in [0.25, 0.3) is 0 Å². The zero-order valence-electron chi connectivity index (χ0n) is 12.2. The van der Waals surface area contributed by atoms with E-state index in [2.05, 4.69) is 4.99 Å². The van der Waals surface area contributed by atoms with Crippen molar-refractivity contribution < 1.29 is 24.0 Å². The van der Waals surface area contributed by atoms with Crippen LogP contribution in [0.1, 0.15) is 24.8 Å². The third-order valence-corrected chi connectivity index (χ3v) is 3.17. The quantitative estimate of drug-likeness (QED) is 0.343. The van der Waals surface area contributed by atoms with E-state index in [4.69, 9.17) is 4.84 Å². The lowest BCUT2D eigenvalue weighted by Gasteiger charge is -2.12. The van der Waals surface area contributed by atoms with E-state index in [1.807, 2.05) is 30.3 Å². The highest BCUT2D eigenvalue weighted by molar-refractivity contribution is 6.02. The molecule has 2 rings (SSSR count). The summed E-state index contributed by atoms with van der Waals surface area (Å²) in [6, 6.07) is 9.53. The Balaban J connectivity index is 2.00. The monoisotopic (exact) mass is 314 g/mol. The standard InChI is InChI=1S/C16H14N2O5/c19-11-17-13(8-4-7-12-5-2-1-3-6-12)16(22)23-18-14(20)9-10-15(18)21/h1-3,5-6,8H,4,7,9-10H2. The number of aliphatic imine (C=N–C) groups is 1. The number of hydroxylamine groups is 2. The van der Waals surface area contributed by atoms with Gasteiger partial charge in [0.1, 0.15) is 0 Å². The van der Waals surface area contributed by atoms with Crippen molar-refractivity contribution in [3.63, 3.8) is 0 Å². The number of allylic oxidation sites excluding steroid dienone is 1. The maximum absolute atomic E-state index is 11.9. The van der Waals surface area contributed by atoms with Crippen LogP contribution >= 0.6 is 0 Å². The molecule has 0 unspecified atom stereocenters. The Morgan fingerprint density at radius 1 is 1.22 bits per heavy atom. The lowest BCUT2D eigenvalue weighted by molar-refractivity contribution is -0.194. The number of rotatable bonds is 6. The van der Waals surface area contributed by atoms with Gasteiger partial charge in [0.15, 0.2) is 5.70 Å². The summed E-state index contributed by atoms with van der Waals surface area (Å²) in [5, 5.41) is 0.410. The van der Waals surface area contributed by atoms with Crippen molar-refractivity contribution in [3.8, 4) is 0 Å². The van der Waals surface area contributed by atoms with E-state index < -0.39 is 17.8 Å². The van der Waals surface area contributed by atoms with Gasteiger partial charge in [-0.2, -0.15) is 4.99 Å². The van der Waals surface area contributed by atoms with Crippen LogP contribution in [0.4, 0.5) is 0 Å². The lowest BCUT2D eigenvalue weighted by Crippen LogP contribution is -2.32. The Hall–Kier alpha value is -3.05. The molecule has 1 saturated heterocycles. The summed E-state index contributed by atoms with van der Waals surface area (Å²) < 4.78 is 0. The van der Waals surface area contributed by atoms with Crippen LogP contribution in [0, 0.1) is 0 Å². The fourth-order valence-electron chi connectivity index (χ4n) is 2.03. The molecule has 1 heterocycles. The molecule has 7 heteroatoms. The minimum Gasteiger partial charge on any atom is -0.323 e. The highest BCUT2D eigenvalue weighted by atomic mass is 16.7. The fourth-order valence-corrected chi connectivity index (χ4v) is 2.03. The van der Waals surface area contributed by atoms with Gasteiger partial charge in [0.05, 0.1) is 0 Å².